The van der Waals surface area contributed by atoms with Crippen LogP contribution in [0, 0.1) is 5.92 Å². The van der Waals surface area contributed by atoms with Crippen LogP contribution in [0.2, 0.25) is 10.0 Å². The van der Waals surface area contributed by atoms with E-state index in [4.69, 9.17) is 27.9 Å². The molecule has 168 valence electrons. The first kappa shape index (κ1) is 22.5. The molecule has 4 heteroatoms. The number of ether oxygens (including phenoxy) is 1. The molecule has 1 aliphatic rings. The highest BCUT2D eigenvalue weighted by molar-refractivity contribution is 6.30. The van der Waals surface area contributed by atoms with Crippen LogP contribution in [-0.2, 0) is 15.1 Å². The van der Waals surface area contributed by atoms with E-state index in [-0.39, 0.29) is 5.97 Å². The summed E-state index contributed by atoms with van der Waals surface area (Å²) in [5, 5.41) is 1.31. The normalized spacial score (nSPS) is 20.2. The second kappa shape index (κ2) is 9.50. The van der Waals surface area contributed by atoms with Crippen molar-refractivity contribution < 1.29 is 9.53 Å². The summed E-state index contributed by atoms with van der Waals surface area (Å²) in [7, 11) is 0. The van der Waals surface area contributed by atoms with E-state index in [0.29, 0.717) is 16.5 Å². The topological polar surface area (TPSA) is 26.3 Å². The van der Waals surface area contributed by atoms with Gasteiger partial charge in [0.15, 0.2) is 5.60 Å². The van der Waals surface area contributed by atoms with E-state index in [1.807, 2.05) is 115 Å². The van der Waals surface area contributed by atoms with Crippen LogP contribution in [-0.4, -0.2) is 5.97 Å². The first-order chi connectivity index (χ1) is 16.5. The van der Waals surface area contributed by atoms with Gasteiger partial charge in [-0.3, -0.25) is 4.79 Å². The molecule has 0 amide bonds. The number of rotatable bonds is 5. The minimum Gasteiger partial charge on any atom is -0.449 e. The van der Waals surface area contributed by atoms with Crippen molar-refractivity contribution in [3.05, 3.63) is 148 Å². The fourth-order valence-electron chi connectivity index (χ4n) is 4.56. The van der Waals surface area contributed by atoms with E-state index in [9.17, 15) is 4.79 Å². The Balaban J connectivity index is 1.61. The summed E-state index contributed by atoms with van der Waals surface area (Å²) in [6.45, 7) is 0. The number of esters is 1. The SMILES string of the molecule is O=C1O[C@](c2ccccc2)(c2ccc(Cl)cc2)C[C@H]1/C=C(\c1ccccc1)c1ccc(Cl)cc1. The van der Waals surface area contributed by atoms with Crippen LogP contribution in [0.15, 0.2) is 115 Å². The first-order valence-electron chi connectivity index (χ1n) is 11.1. The molecule has 0 aliphatic carbocycles. The maximum Gasteiger partial charge on any atom is 0.314 e. The van der Waals surface area contributed by atoms with Crippen LogP contribution >= 0.6 is 23.2 Å². The zero-order chi connectivity index (χ0) is 23.5. The predicted molar refractivity (Wildman–Crippen MR) is 138 cm³/mol. The van der Waals surface area contributed by atoms with Gasteiger partial charge in [0.05, 0.1) is 5.92 Å². The van der Waals surface area contributed by atoms with Crippen molar-refractivity contribution in [1.82, 2.24) is 0 Å². The fourth-order valence-corrected chi connectivity index (χ4v) is 4.82. The molecule has 4 aromatic carbocycles. The van der Waals surface area contributed by atoms with Crippen molar-refractivity contribution in [2.45, 2.75) is 12.0 Å². The number of carbonyl (C=O) groups is 1. The van der Waals surface area contributed by atoms with Gasteiger partial charge in [-0.15, -0.1) is 0 Å². The van der Waals surface area contributed by atoms with Crippen molar-refractivity contribution in [1.29, 1.82) is 0 Å². The van der Waals surface area contributed by atoms with E-state index in [2.05, 4.69) is 0 Å². The Morgan fingerprint density at radius 3 is 1.82 bits per heavy atom. The summed E-state index contributed by atoms with van der Waals surface area (Å²) in [5.74, 6) is -0.678. The maximum atomic E-state index is 13.3. The van der Waals surface area contributed by atoms with Gasteiger partial charge in [0.25, 0.3) is 0 Å². The van der Waals surface area contributed by atoms with Gasteiger partial charge in [-0.2, -0.15) is 0 Å². The van der Waals surface area contributed by atoms with E-state index < -0.39 is 11.5 Å². The molecular formula is C30H22Cl2O2. The molecule has 5 rings (SSSR count). The molecule has 1 saturated heterocycles. The maximum absolute atomic E-state index is 13.3. The molecule has 0 unspecified atom stereocenters. The second-order valence-electron chi connectivity index (χ2n) is 8.38. The van der Waals surface area contributed by atoms with Gasteiger partial charge in [0, 0.05) is 27.6 Å². The third-order valence-electron chi connectivity index (χ3n) is 6.24. The zero-order valence-electron chi connectivity index (χ0n) is 18.3. The Morgan fingerprint density at radius 1 is 0.706 bits per heavy atom. The Bertz CT molecular complexity index is 1310. The van der Waals surface area contributed by atoms with Crippen LogP contribution in [0.1, 0.15) is 28.7 Å². The van der Waals surface area contributed by atoms with E-state index >= 15 is 0 Å². The minimum absolute atomic E-state index is 0.249. The number of halogens is 2. The van der Waals surface area contributed by atoms with Crippen molar-refractivity contribution in [3.8, 4) is 0 Å². The van der Waals surface area contributed by atoms with Gasteiger partial charge in [0.1, 0.15) is 0 Å². The summed E-state index contributed by atoms with van der Waals surface area (Å²) in [4.78, 5) is 13.3. The standard InChI is InChI=1S/C30H22Cl2O2/c31-26-15-11-22(12-16-26)28(21-7-3-1-4-8-21)19-23-20-30(34-29(23)33,24-9-5-2-6-10-24)25-13-17-27(32)18-14-25/h1-19,23H,20H2/b28-19+/t23-,30-/m1/s1. The summed E-state index contributed by atoms with van der Waals surface area (Å²) in [6.07, 6.45) is 2.52. The highest BCUT2D eigenvalue weighted by Gasteiger charge is 2.48. The molecular weight excluding hydrogens is 463 g/mol. The first-order valence-corrected chi connectivity index (χ1v) is 11.9. The van der Waals surface area contributed by atoms with Crippen LogP contribution in [0.25, 0.3) is 5.57 Å². The third kappa shape index (κ3) is 4.40. The van der Waals surface area contributed by atoms with E-state index in [1.165, 1.54) is 0 Å². The smallest absolute Gasteiger partial charge is 0.314 e. The monoisotopic (exact) mass is 484 g/mol. The van der Waals surface area contributed by atoms with Crippen molar-refractivity contribution in [3.63, 3.8) is 0 Å². The molecule has 1 aliphatic heterocycles. The highest BCUT2D eigenvalue weighted by Crippen LogP contribution is 2.46. The lowest BCUT2D eigenvalue weighted by Crippen LogP contribution is -2.27. The molecule has 0 bridgehead atoms. The van der Waals surface area contributed by atoms with E-state index in [0.717, 1.165) is 27.8 Å². The molecule has 2 atom stereocenters. The number of benzene rings is 4. The Morgan fingerprint density at radius 2 is 1.21 bits per heavy atom. The summed E-state index contributed by atoms with van der Waals surface area (Å²) in [5.41, 5.74) is 3.95. The van der Waals surface area contributed by atoms with Crippen LogP contribution in [0.4, 0.5) is 0 Å². The van der Waals surface area contributed by atoms with Crippen molar-refractivity contribution in [2.75, 3.05) is 0 Å². The van der Waals surface area contributed by atoms with Crippen molar-refractivity contribution in [2.24, 2.45) is 5.92 Å². The van der Waals surface area contributed by atoms with Crippen molar-refractivity contribution >= 4 is 34.7 Å². The summed E-state index contributed by atoms with van der Waals surface area (Å²) >= 11 is 12.3. The molecule has 34 heavy (non-hydrogen) atoms. The number of cyclic esters (lactones) is 1. The van der Waals surface area contributed by atoms with Gasteiger partial charge in [-0.1, -0.05) is 114 Å². The lowest BCUT2D eigenvalue weighted by molar-refractivity contribution is -0.147. The minimum atomic E-state index is -0.883. The molecule has 0 saturated carbocycles. The molecule has 0 radical (unpaired) electrons. The van der Waals surface area contributed by atoms with Crippen LogP contribution < -0.4 is 0 Å². The third-order valence-corrected chi connectivity index (χ3v) is 6.75. The Hall–Kier alpha value is -3.33. The molecule has 1 heterocycles. The molecule has 0 N–H and O–H groups in total. The number of carbonyl (C=O) groups excluding carboxylic acids is 1. The summed E-state index contributed by atoms with van der Waals surface area (Å²) in [6, 6.07) is 35.2. The summed E-state index contributed by atoms with van der Waals surface area (Å²) < 4.78 is 6.22. The van der Waals surface area contributed by atoms with Gasteiger partial charge < -0.3 is 4.74 Å². The molecule has 2 nitrogen and oxygen atoms in total. The predicted octanol–water partition coefficient (Wildman–Crippen LogP) is 7.93. The largest absolute Gasteiger partial charge is 0.449 e. The van der Waals surface area contributed by atoms with Gasteiger partial charge >= 0.3 is 5.97 Å². The average Bonchev–Trinajstić information content (AvgIpc) is 3.21. The second-order valence-corrected chi connectivity index (χ2v) is 9.26. The van der Waals surface area contributed by atoms with Crippen LogP contribution in [0.5, 0.6) is 0 Å². The molecule has 0 aromatic heterocycles. The Kier molecular flexibility index (Phi) is 6.28. The lowest BCUT2D eigenvalue weighted by atomic mass is 9.80. The molecule has 1 fully saturated rings. The fraction of sp³-hybridized carbons (Fsp3) is 0.100. The van der Waals surface area contributed by atoms with Gasteiger partial charge in [-0.25, -0.2) is 0 Å². The number of hydrogen-bond acceptors (Lipinski definition) is 2. The number of hydrogen-bond donors (Lipinski definition) is 0. The quantitative estimate of drug-likeness (QED) is 0.268. The Labute approximate surface area is 209 Å². The van der Waals surface area contributed by atoms with Crippen LogP contribution in [0.3, 0.4) is 0 Å². The van der Waals surface area contributed by atoms with E-state index in [1.54, 1.807) is 0 Å². The van der Waals surface area contributed by atoms with Gasteiger partial charge in [0.2, 0.25) is 0 Å². The lowest BCUT2D eigenvalue weighted by Gasteiger charge is -2.29. The highest BCUT2D eigenvalue weighted by atomic mass is 35.5. The van der Waals surface area contributed by atoms with Gasteiger partial charge in [-0.05, 0) is 41.0 Å². The molecule has 0 spiro atoms. The molecule has 4 aromatic rings. The zero-order valence-corrected chi connectivity index (χ0v) is 19.8. The average molecular weight is 485 g/mol.